The molecule has 0 amide bonds. The molecule has 4 nitrogen and oxygen atoms in total. The number of aryl methyl sites for hydroxylation is 1. The van der Waals surface area contributed by atoms with Gasteiger partial charge in [0.15, 0.2) is 5.82 Å². The zero-order valence-corrected chi connectivity index (χ0v) is 11.9. The number of rotatable bonds is 4. The van der Waals surface area contributed by atoms with Crippen molar-refractivity contribution in [1.29, 1.82) is 0 Å². The Morgan fingerprint density at radius 3 is 2.44 bits per heavy atom. The first-order valence-corrected chi connectivity index (χ1v) is 7.16. The number of nitrogens with two attached hydrogens (primary N) is 1. The van der Waals surface area contributed by atoms with Crippen molar-refractivity contribution < 1.29 is 0 Å². The van der Waals surface area contributed by atoms with Crippen molar-refractivity contribution in [3.8, 4) is 0 Å². The van der Waals surface area contributed by atoms with Crippen molar-refractivity contribution in [2.45, 2.75) is 58.3 Å². The van der Waals surface area contributed by atoms with Crippen LogP contribution in [0.4, 0.5) is 0 Å². The van der Waals surface area contributed by atoms with Gasteiger partial charge in [-0.1, -0.05) is 33.1 Å². The van der Waals surface area contributed by atoms with E-state index in [2.05, 4.69) is 18.9 Å². The van der Waals surface area contributed by atoms with Gasteiger partial charge in [0.05, 0.1) is 0 Å². The molecule has 1 aliphatic rings. The van der Waals surface area contributed by atoms with Gasteiger partial charge in [-0.05, 0) is 24.8 Å². The molecule has 1 heterocycles. The Kier molecular flexibility index (Phi) is 4.05. The predicted molar refractivity (Wildman–Crippen MR) is 73.4 cm³/mol. The fraction of sp³-hybridized carbons (Fsp3) is 0.857. The van der Waals surface area contributed by atoms with E-state index in [1.165, 1.54) is 32.1 Å². The van der Waals surface area contributed by atoms with Gasteiger partial charge in [-0.25, -0.2) is 4.98 Å². The molecule has 2 N–H and O–H groups in total. The Morgan fingerprint density at radius 1 is 1.28 bits per heavy atom. The number of hydrogen-bond donors (Lipinski definition) is 1. The minimum atomic E-state index is 0.271. The second-order valence-corrected chi connectivity index (χ2v) is 6.11. The van der Waals surface area contributed by atoms with Crippen LogP contribution in [0.25, 0.3) is 0 Å². The minimum absolute atomic E-state index is 0.271. The van der Waals surface area contributed by atoms with Gasteiger partial charge >= 0.3 is 0 Å². The van der Waals surface area contributed by atoms with Gasteiger partial charge in [-0.15, -0.1) is 0 Å². The highest BCUT2D eigenvalue weighted by atomic mass is 15.3. The third-order valence-electron chi connectivity index (χ3n) is 4.27. The molecule has 18 heavy (non-hydrogen) atoms. The molecule has 0 spiro atoms. The van der Waals surface area contributed by atoms with Crippen molar-refractivity contribution in [3.05, 3.63) is 11.6 Å². The van der Waals surface area contributed by atoms with Crippen molar-refractivity contribution in [2.75, 3.05) is 6.54 Å². The zero-order valence-electron chi connectivity index (χ0n) is 11.9. The van der Waals surface area contributed by atoms with Crippen LogP contribution in [0.15, 0.2) is 0 Å². The standard InChI is InChI=1S/C14H26N4/c1-11(2)13-16-12(18(3)17-13)9-14(10-15)7-5-4-6-8-14/h11H,4-10,15H2,1-3H3. The average molecular weight is 250 g/mol. The summed E-state index contributed by atoms with van der Waals surface area (Å²) in [7, 11) is 2.00. The highest BCUT2D eigenvalue weighted by Crippen LogP contribution is 2.38. The predicted octanol–water partition coefficient (Wildman–Crippen LogP) is 2.39. The maximum atomic E-state index is 6.05. The fourth-order valence-electron chi connectivity index (χ4n) is 2.93. The van der Waals surface area contributed by atoms with Gasteiger partial charge in [0.2, 0.25) is 0 Å². The van der Waals surface area contributed by atoms with Crippen LogP contribution in [0.3, 0.4) is 0 Å². The zero-order chi connectivity index (χ0) is 13.2. The first-order valence-electron chi connectivity index (χ1n) is 7.16. The maximum Gasteiger partial charge on any atom is 0.153 e. The van der Waals surface area contributed by atoms with E-state index >= 15 is 0 Å². The molecular weight excluding hydrogens is 224 g/mol. The van der Waals surface area contributed by atoms with E-state index in [0.717, 1.165) is 24.6 Å². The second-order valence-electron chi connectivity index (χ2n) is 6.11. The Morgan fingerprint density at radius 2 is 1.94 bits per heavy atom. The summed E-state index contributed by atoms with van der Waals surface area (Å²) >= 11 is 0. The lowest BCUT2D eigenvalue weighted by Gasteiger charge is -2.35. The molecule has 0 atom stereocenters. The Balaban J connectivity index is 2.16. The highest BCUT2D eigenvalue weighted by molar-refractivity contribution is 5.01. The van der Waals surface area contributed by atoms with E-state index in [0.29, 0.717) is 5.92 Å². The van der Waals surface area contributed by atoms with E-state index in [1.54, 1.807) is 0 Å². The van der Waals surface area contributed by atoms with Crippen molar-refractivity contribution >= 4 is 0 Å². The molecule has 0 aliphatic heterocycles. The largest absolute Gasteiger partial charge is 0.330 e. The smallest absolute Gasteiger partial charge is 0.153 e. The second kappa shape index (κ2) is 5.39. The molecule has 0 unspecified atom stereocenters. The summed E-state index contributed by atoms with van der Waals surface area (Å²) in [6.07, 6.45) is 7.45. The van der Waals surface area contributed by atoms with Gasteiger partial charge in [0.1, 0.15) is 5.82 Å². The minimum Gasteiger partial charge on any atom is -0.330 e. The Bertz CT molecular complexity index is 388. The lowest BCUT2D eigenvalue weighted by atomic mass is 9.71. The van der Waals surface area contributed by atoms with Crippen molar-refractivity contribution in [1.82, 2.24) is 14.8 Å². The quantitative estimate of drug-likeness (QED) is 0.892. The SMILES string of the molecule is CC(C)c1nc(CC2(CN)CCCCC2)n(C)n1. The van der Waals surface area contributed by atoms with Gasteiger partial charge in [-0.3, -0.25) is 4.68 Å². The van der Waals surface area contributed by atoms with Crippen LogP contribution in [0.1, 0.15) is 63.5 Å². The van der Waals surface area contributed by atoms with Crippen LogP contribution >= 0.6 is 0 Å². The molecule has 0 bridgehead atoms. The maximum absolute atomic E-state index is 6.05. The van der Waals surface area contributed by atoms with Crippen LogP contribution in [0, 0.1) is 5.41 Å². The van der Waals surface area contributed by atoms with Crippen LogP contribution in [0.5, 0.6) is 0 Å². The van der Waals surface area contributed by atoms with E-state index in [9.17, 15) is 0 Å². The topological polar surface area (TPSA) is 56.7 Å². The summed E-state index contributed by atoms with van der Waals surface area (Å²) in [4.78, 5) is 4.69. The van der Waals surface area contributed by atoms with Gasteiger partial charge in [0.25, 0.3) is 0 Å². The molecule has 1 saturated carbocycles. The monoisotopic (exact) mass is 250 g/mol. The van der Waals surface area contributed by atoms with Crippen LogP contribution in [-0.2, 0) is 13.5 Å². The van der Waals surface area contributed by atoms with E-state index < -0.39 is 0 Å². The van der Waals surface area contributed by atoms with Crippen LogP contribution < -0.4 is 5.73 Å². The lowest BCUT2D eigenvalue weighted by molar-refractivity contribution is 0.191. The molecule has 0 radical (unpaired) electrons. The van der Waals surface area contributed by atoms with Crippen molar-refractivity contribution in [3.63, 3.8) is 0 Å². The van der Waals surface area contributed by atoms with E-state index in [1.807, 2.05) is 11.7 Å². The van der Waals surface area contributed by atoms with Crippen molar-refractivity contribution in [2.24, 2.45) is 18.2 Å². The summed E-state index contributed by atoms with van der Waals surface area (Å²) in [5, 5.41) is 4.51. The molecular formula is C14H26N4. The molecule has 1 aromatic rings. The third kappa shape index (κ3) is 2.74. The normalized spacial score (nSPS) is 19.4. The van der Waals surface area contributed by atoms with E-state index in [-0.39, 0.29) is 5.41 Å². The van der Waals surface area contributed by atoms with Gasteiger partial charge in [-0.2, -0.15) is 5.10 Å². The molecule has 1 aromatic heterocycles. The lowest BCUT2D eigenvalue weighted by Crippen LogP contribution is -2.35. The number of aromatic nitrogens is 3. The number of nitrogens with zero attached hydrogens (tertiary/aromatic N) is 3. The van der Waals surface area contributed by atoms with Gasteiger partial charge < -0.3 is 5.73 Å². The third-order valence-corrected chi connectivity index (χ3v) is 4.27. The summed E-state index contributed by atoms with van der Waals surface area (Å²) < 4.78 is 1.95. The first kappa shape index (κ1) is 13.5. The molecule has 0 saturated heterocycles. The van der Waals surface area contributed by atoms with Crippen LogP contribution in [0.2, 0.25) is 0 Å². The molecule has 1 fully saturated rings. The average Bonchev–Trinajstić information content (AvgIpc) is 2.72. The summed E-state index contributed by atoms with van der Waals surface area (Å²) in [5.74, 6) is 2.45. The summed E-state index contributed by atoms with van der Waals surface area (Å²) in [5.41, 5.74) is 6.32. The molecule has 102 valence electrons. The van der Waals surface area contributed by atoms with E-state index in [4.69, 9.17) is 10.7 Å². The highest BCUT2D eigenvalue weighted by Gasteiger charge is 2.32. The number of hydrogen-bond acceptors (Lipinski definition) is 3. The Labute approximate surface area is 110 Å². The van der Waals surface area contributed by atoms with Crippen LogP contribution in [-0.4, -0.2) is 21.3 Å². The first-order chi connectivity index (χ1) is 8.56. The van der Waals surface area contributed by atoms with Gasteiger partial charge in [0, 0.05) is 19.4 Å². The molecule has 2 rings (SSSR count). The fourth-order valence-corrected chi connectivity index (χ4v) is 2.93. The summed E-state index contributed by atoms with van der Waals surface area (Å²) in [6, 6.07) is 0. The summed E-state index contributed by atoms with van der Waals surface area (Å²) in [6.45, 7) is 5.05. The molecule has 4 heteroatoms. The Hall–Kier alpha value is -0.900. The molecule has 0 aromatic carbocycles. The molecule has 1 aliphatic carbocycles.